The van der Waals surface area contributed by atoms with Gasteiger partial charge in [0.05, 0.1) is 18.7 Å². The van der Waals surface area contributed by atoms with Crippen LogP contribution in [0.15, 0.2) is 35.1 Å². The molecule has 1 fully saturated rings. The number of carbonyl (C=O) groups is 1. The molecular formula is C22H27N5O3. The minimum Gasteiger partial charge on any atom is -0.378 e. The van der Waals surface area contributed by atoms with E-state index in [2.05, 4.69) is 12.2 Å². The Morgan fingerprint density at radius 2 is 1.90 bits per heavy atom. The smallest absolute Gasteiger partial charge is 0.279 e. The van der Waals surface area contributed by atoms with Crippen LogP contribution in [0.3, 0.4) is 0 Å². The van der Waals surface area contributed by atoms with Gasteiger partial charge in [-0.1, -0.05) is 19.1 Å². The van der Waals surface area contributed by atoms with Gasteiger partial charge in [0.15, 0.2) is 0 Å². The van der Waals surface area contributed by atoms with E-state index in [1.807, 2.05) is 53.8 Å². The number of aryl methyl sites for hydroxylation is 3. The molecule has 0 aliphatic carbocycles. The highest BCUT2D eigenvalue weighted by Crippen LogP contribution is 2.19. The second-order valence-corrected chi connectivity index (χ2v) is 7.58. The number of morpholine rings is 1. The lowest BCUT2D eigenvalue weighted by atomic mass is 10.1. The number of rotatable bonds is 5. The minimum atomic E-state index is -0.261. The lowest BCUT2D eigenvalue weighted by molar-refractivity contribution is -0.116. The Morgan fingerprint density at radius 1 is 1.20 bits per heavy atom. The van der Waals surface area contributed by atoms with Crippen molar-refractivity contribution in [3.05, 3.63) is 51.9 Å². The van der Waals surface area contributed by atoms with Crippen molar-refractivity contribution < 1.29 is 9.53 Å². The van der Waals surface area contributed by atoms with E-state index in [0.29, 0.717) is 49.0 Å². The lowest BCUT2D eigenvalue weighted by Crippen LogP contribution is -2.42. The third-order valence-electron chi connectivity index (χ3n) is 5.60. The fraction of sp³-hybridized carbons (Fsp3) is 0.409. The number of nitrogens with one attached hydrogen (secondary N) is 1. The summed E-state index contributed by atoms with van der Waals surface area (Å²) in [5.74, 6) is 0.251. The van der Waals surface area contributed by atoms with Crippen molar-refractivity contribution in [2.45, 2.75) is 26.8 Å². The van der Waals surface area contributed by atoms with Crippen LogP contribution in [0.25, 0.3) is 11.0 Å². The lowest BCUT2D eigenvalue weighted by Gasteiger charge is -2.29. The van der Waals surface area contributed by atoms with Gasteiger partial charge in [-0.15, -0.1) is 0 Å². The van der Waals surface area contributed by atoms with Gasteiger partial charge in [-0.3, -0.25) is 14.2 Å². The highest BCUT2D eigenvalue weighted by atomic mass is 16.5. The number of hydrogen-bond donors (Lipinski definition) is 1. The van der Waals surface area contributed by atoms with Crippen molar-refractivity contribution in [2.24, 2.45) is 7.05 Å². The zero-order valence-electron chi connectivity index (χ0n) is 17.6. The Labute approximate surface area is 175 Å². The van der Waals surface area contributed by atoms with E-state index < -0.39 is 0 Å². The number of hydrogen-bond acceptors (Lipinski definition) is 5. The zero-order chi connectivity index (χ0) is 21.3. The minimum absolute atomic E-state index is 0.103. The van der Waals surface area contributed by atoms with Gasteiger partial charge < -0.3 is 19.5 Å². The highest BCUT2D eigenvalue weighted by molar-refractivity contribution is 5.91. The first-order chi connectivity index (χ1) is 14.5. The maximum atomic E-state index is 13.4. The van der Waals surface area contributed by atoms with E-state index in [1.165, 1.54) is 10.1 Å². The molecule has 1 aliphatic heterocycles. The van der Waals surface area contributed by atoms with Crippen LogP contribution in [0.2, 0.25) is 0 Å². The molecule has 0 atom stereocenters. The topological polar surface area (TPSA) is 81.4 Å². The van der Waals surface area contributed by atoms with Crippen LogP contribution in [0.1, 0.15) is 18.2 Å². The van der Waals surface area contributed by atoms with Crippen LogP contribution in [0.4, 0.5) is 11.6 Å². The molecule has 158 valence electrons. The van der Waals surface area contributed by atoms with E-state index in [9.17, 15) is 9.59 Å². The fourth-order valence-electron chi connectivity index (χ4n) is 3.75. The van der Waals surface area contributed by atoms with E-state index in [4.69, 9.17) is 9.72 Å². The molecule has 0 saturated carbocycles. The van der Waals surface area contributed by atoms with Gasteiger partial charge in [0, 0.05) is 31.5 Å². The Balaban J connectivity index is 1.69. The van der Waals surface area contributed by atoms with E-state index in [0.717, 1.165) is 12.1 Å². The molecule has 1 aliphatic rings. The largest absolute Gasteiger partial charge is 0.378 e. The molecule has 1 N–H and O–H groups in total. The number of ether oxygens (including phenoxy) is 1. The summed E-state index contributed by atoms with van der Waals surface area (Å²) in [6.45, 7) is 6.31. The van der Waals surface area contributed by atoms with Crippen LogP contribution in [-0.2, 0) is 29.5 Å². The average molecular weight is 409 g/mol. The summed E-state index contributed by atoms with van der Waals surface area (Å²) < 4.78 is 8.74. The number of carbonyl (C=O) groups excluding carboxylic acids is 1. The molecule has 0 spiro atoms. The Kier molecular flexibility index (Phi) is 5.59. The highest BCUT2D eigenvalue weighted by Gasteiger charge is 2.22. The van der Waals surface area contributed by atoms with Gasteiger partial charge in [-0.05, 0) is 37.1 Å². The van der Waals surface area contributed by atoms with Crippen molar-refractivity contribution >= 4 is 28.6 Å². The molecule has 8 nitrogen and oxygen atoms in total. The first kappa shape index (κ1) is 20.2. The summed E-state index contributed by atoms with van der Waals surface area (Å²) in [5, 5.41) is 2.89. The van der Waals surface area contributed by atoms with E-state index in [1.54, 1.807) is 0 Å². The van der Waals surface area contributed by atoms with Crippen LogP contribution in [0, 0.1) is 6.92 Å². The summed E-state index contributed by atoms with van der Waals surface area (Å²) in [6.07, 6.45) is 0.939. The van der Waals surface area contributed by atoms with Crippen molar-refractivity contribution in [1.82, 2.24) is 14.1 Å². The Morgan fingerprint density at radius 3 is 2.57 bits per heavy atom. The van der Waals surface area contributed by atoms with Gasteiger partial charge in [-0.25, -0.2) is 4.98 Å². The number of nitrogens with zero attached hydrogens (tertiary/aromatic N) is 4. The molecule has 2 aromatic heterocycles. The monoisotopic (exact) mass is 409 g/mol. The van der Waals surface area contributed by atoms with Gasteiger partial charge >= 0.3 is 0 Å². The number of benzene rings is 1. The summed E-state index contributed by atoms with van der Waals surface area (Å²) in [5.41, 5.74) is 3.79. The number of fused-ring (bicyclic) bond motifs is 1. The molecule has 1 saturated heterocycles. The van der Waals surface area contributed by atoms with E-state index >= 15 is 0 Å². The fourth-order valence-corrected chi connectivity index (χ4v) is 3.75. The van der Waals surface area contributed by atoms with Gasteiger partial charge in [0.2, 0.25) is 11.9 Å². The summed E-state index contributed by atoms with van der Waals surface area (Å²) in [7, 11) is 1.84. The number of anilines is 2. The second kappa shape index (κ2) is 8.31. The summed E-state index contributed by atoms with van der Waals surface area (Å²) >= 11 is 0. The molecule has 8 heteroatoms. The van der Waals surface area contributed by atoms with Crippen LogP contribution in [-0.4, -0.2) is 46.3 Å². The Hall–Kier alpha value is -3.13. The third-order valence-corrected chi connectivity index (χ3v) is 5.60. The molecule has 30 heavy (non-hydrogen) atoms. The number of aromatic nitrogens is 3. The maximum Gasteiger partial charge on any atom is 0.279 e. The molecule has 4 rings (SSSR count). The van der Waals surface area contributed by atoms with Crippen LogP contribution in [0.5, 0.6) is 0 Å². The second-order valence-electron chi connectivity index (χ2n) is 7.58. The molecule has 0 bridgehead atoms. The molecule has 3 aromatic rings. The predicted molar refractivity (Wildman–Crippen MR) is 117 cm³/mol. The molecule has 0 radical (unpaired) electrons. The number of amides is 1. The zero-order valence-corrected chi connectivity index (χ0v) is 17.6. The summed E-state index contributed by atoms with van der Waals surface area (Å²) in [4.78, 5) is 32.9. The SMILES string of the molecule is CCc1ccc(NC(=O)Cn2c(N3CCOCC3)nc3cc(C)n(C)c3c2=O)cc1. The quantitative estimate of drug-likeness (QED) is 0.698. The molecule has 1 aromatic carbocycles. The predicted octanol–water partition coefficient (Wildman–Crippen LogP) is 2.08. The third kappa shape index (κ3) is 3.82. The average Bonchev–Trinajstić information content (AvgIpc) is 3.05. The summed E-state index contributed by atoms with van der Waals surface area (Å²) in [6, 6.07) is 9.64. The molecule has 0 unspecified atom stereocenters. The first-order valence-electron chi connectivity index (χ1n) is 10.3. The first-order valence-corrected chi connectivity index (χ1v) is 10.3. The van der Waals surface area contributed by atoms with Crippen LogP contribution >= 0.6 is 0 Å². The molecule has 1 amide bonds. The van der Waals surface area contributed by atoms with Gasteiger partial charge in [-0.2, -0.15) is 0 Å². The van der Waals surface area contributed by atoms with Crippen molar-refractivity contribution in [3.63, 3.8) is 0 Å². The Bertz CT molecular complexity index is 1120. The van der Waals surface area contributed by atoms with E-state index in [-0.39, 0.29) is 18.0 Å². The van der Waals surface area contributed by atoms with Crippen molar-refractivity contribution in [2.75, 3.05) is 36.5 Å². The van der Waals surface area contributed by atoms with Gasteiger partial charge in [0.25, 0.3) is 5.56 Å². The van der Waals surface area contributed by atoms with Crippen LogP contribution < -0.4 is 15.8 Å². The van der Waals surface area contributed by atoms with Crippen molar-refractivity contribution in [1.29, 1.82) is 0 Å². The molecular weight excluding hydrogens is 382 g/mol. The van der Waals surface area contributed by atoms with Crippen molar-refractivity contribution in [3.8, 4) is 0 Å². The molecule has 3 heterocycles. The normalized spacial score (nSPS) is 14.3. The standard InChI is InChI=1S/C22H27N5O3/c1-4-16-5-7-17(8-6-16)23-19(28)14-27-21(29)20-18(13-15(2)25(20)3)24-22(27)26-9-11-30-12-10-26/h5-8,13H,4,9-12,14H2,1-3H3,(H,23,28). The van der Waals surface area contributed by atoms with Gasteiger partial charge in [0.1, 0.15) is 12.1 Å². The maximum absolute atomic E-state index is 13.4.